The van der Waals surface area contributed by atoms with Gasteiger partial charge >= 0.3 is 0 Å². The molecule has 2 aromatic carbocycles. The third-order valence-electron chi connectivity index (χ3n) is 3.29. The zero-order valence-corrected chi connectivity index (χ0v) is 13.5. The molecule has 1 aliphatic rings. The van der Waals surface area contributed by atoms with E-state index in [-0.39, 0.29) is 5.75 Å². The summed E-state index contributed by atoms with van der Waals surface area (Å²) in [6, 6.07) is 10.7. The van der Waals surface area contributed by atoms with Crippen molar-refractivity contribution in [2.45, 2.75) is 25.4 Å². The zero-order chi connectivity index (χ0) is 14.8. The molecule has 0 bridgehead atoms. The summed E-state index contributed by atoms with van der Waals surface area (Å²) in [5, 5.41) is 4.05. The van der Waals surface area contributed by atoms with Crippen molar-refractivity contribution >= 4 is 27.5 Å². The van der Waals surface area contributed by atoms with Crippen LogP contribution in [0.1, 0.15) is 18.4 Å². The van der Waals surface area contributed by atoms with Gasteiger partial charge in [0.2, 0.25) is 0 Å². The van der Waals surface area contributed by atoms with Gasteiger partial charge in [0, 0.05) is 27.6 Å². The lowest BCUT2D eigenvalue weighted by Crippen LogP contribution is -2.15. The molecular formula is C16H14BrClFNO. The summed E-state index contributed by atoms with van der Waals surface area (Å²) in [5.41, 5.74) is 0.928. The molecule has 0 saturated heterocycles. The summed E-state index contributed by atoms with van der Waals surface area (Å²) in [7, 11) is 0. The van der Waals surface area contributed by atoms with Crippen molar-refractivity contribution in [2.24, 2.45) is 0 Å². The first-order valence-corrected chi connectivity index (χ1v) is 7.93. The largest absolute Gasteiger partial charge is 0.454 e. The van der Waals surface area contributed by atoms with E-state index < -0.39 is 5.82 Å². The van der Waals surface area contributed by atoms with Gasteiger partial charge in [0.15, 0.2) is 11.6 Å². The van der Waals surface area contributed by atoms with Gasteiger partial charge in [-0.15, -0.1) is 0 Å². The van der Waals surface area contributed by atoms with Crippen LogP contribution in [0.3, 0.4) is 0 Å². The lowest BCUT2D eigenvalue weighted by molar-refractivity contribution is 0.435. The Hall–Kier alpha value is -1.10. The summed E-state index contributed by atoms with van der Waals surface area (Å²) in [6.45, 7) is 0.665. The van der Waals surface area contributed by atoms with Gasteiger partial charge in [-0.3, -0.25) is 0 Å². The van der Waals surface area contributed by atoms with Crippen molar-refractivity contribution in [1.82, 2.24) is 5.32 Å². The van der Waals surface area contributed by atoms with E-state index in [1.807, 2.05) is 6.07 Å². The standard InChI is InChI=1S/C16H14BrClFNO/c17-11-1-5-16(14(19)8-11)21-15-6-2-12(18)7-10(15)9-20-13-3-4-13/h1-2,5-8,13,20H,3-4,9H2. The van der Waals surface area contributed by atoms with E-state index in [2.05, 4.69) is 21.2 Å². The number of benzene rings is 2. The second kappa shape index (κ2) is 6.34. The highest BCUT2D eigenvalue weighted by Gasteiger charge is 2.21. The van der Waals surface area contributed by atoms with E-state index >= 15 is 0 Å². The van der Waals surface area contributed by atoms with Gasteiger partial charge in [-0.2, -0.15) is 0 Å². The normalized spacial score (nSPS) is 14.2. The molecule has 3 rings (SSSR count). The minimum absolute atomic E-state index is 0.202. The predicted octanol–water partition coefficient (Wildman–Crippen LogP) is 5.29. The highest BCUT2D eigenvalue weighted by Crippen LogP contribution is 2.31. The lowest BCUT2D eigenvalue weighted by Gasteiger charge is -2.13. The highest BCUT2D eigenvalue weighted by atomic mass is 79.9. The SMILES string of the molecule is Fc1cc(Br)ccc1Oc1ccc(Cl)cc1CNC1CC1. The topological polar surface area (TPSA) is 21.3 Å². The minimum atomic E-state index is -0.402. The van der Waals surface area contributed by atoms with Crippen LogP contribution in [0.4, 0.5) is 4.39 Å². The molecule has 0 unspecified atom stereocenters. The van der Waals surface area contributed by atoms with E-state index in [1.54, 1.807) is 24.3 Å². The van der Waals surface area contributed by atoms with Crippen LogP contribution in [0.25, 0.3) is 0 Å². The molecular weight excluding hydrogens is 357 g/mol. The van der Waals surface area contributed by atoms with E-state index in [1.165, 1.54) is 18.9 Å². The Kier molecular flexibility index (Phi) is 4.48. The number of ether oxygens (including phenoxy) is 1. The fourth-order valence-corrected chi connectivity index (χ4v) is 2.53. The van der Waals surface area contributed by atoms with E-state index in [4.69, 9.17) is 16.3 Å². The second-order valence-corrected chi connectivity index (χ2v) is 6.44. The number of nitrogens with one attached hydrogen (secondary N) is 1. The fraction of sp³-hybridized carbons (Fsp3) is 0.250. The van der Waals surface area contributed by atoms with Crippen LogP contribution < -0.4 is 10.1 Å². The molecule has 21 heavy (non-hydrogen) atoms. The third-order valence-corrected chi connectivity index (χ3v) is 4.02. The first-order valence-electron chi connectivity index (χ1n) is 6.76. The van der Waals surface area contributed by atoms with Crippen molar-refractivity contribution < 1.29 is 9.13 Å². The number of rotatable bonds is 5. The van der Waals surface area contributed by atoms with Crippen LogP contribution in [-0.2, 0) is 6.54 Å². The fourth-order valence-electron chi connectivity index (χ4n) is 2.00. The Labute approximate surface area is 136 Å². The van der Waals surface area contributed by atoms with Crippen molar-refractivity contribution in [3.63, 3.8) is 0 Å². The van der Waals surface area contributed by atoms with Crippen LogP contribution in [0.2, 0.25) is 5.02 Å². The average molecular weight is 371 g/mol. The van der Waals surface area contributed by atoms with Crippen LogP contribution in [0.15, 0.2) is 40.9 Å². The monoisotopic (exact) mass is 369 g/mol. The lowest BCUT2D eigenvalue weighted by atomic mass is 10.2. The molecule has 2 nitrogen and oxygen atoms in total. The summed E-state index contributed by atoms with van der Waals surface area (Å²) in [5.74, 6) is 0.419. The highest BCUT2D eigenvalue weighted by molar-refractivity contribution is 9.10. The maximum Gasteiger partial charge on any atom is 0.166 e. The van der Waals surface area contributed by atoms with E-state index in [0.29, 0.717) is 27.8 Å². The molecule has 1 fully saturated rings. The van der Waals surface area contributed by atoms with Crippen molar-refractivity contribution in [3.05, 3.63) is 57.3 Å². The molecule has 1 N–H and O–H groups in total. The first-order chi connectivity index (χ1) is 10.1. The van der Waals surface area contributed by atoms with Gasteiger partial charge in [0.1, 0.15) is 5.75 Å². The molecule has 1 saturated carbocycles. The molecule has 2 aromatic rings. The summed E-state index contributed by atoms with van der Waals surface area (Å²) in [6.07, 6.45) is 2.41. The third kappa shape index (κ3) is 3.96. The second-order valence-electron chi connectivity index (χ2n) is 5.08. The van der Waals surface area contributed by atoms with Gasteiger partial charge in [-0.1, -0.05) is 27.5 Å². The van der Waals surface area contributed by atoms with Crippen molar-refractivity contribution in [3.8, 4) is 11.5 Å². The molecule has 0 heterocycles. The van der Waals surface area contributed by atoms with Crippen LogP contribution in [0.5, 0.6) is 11.5 Å². The van der Waals surface area contributed by atoms with Gasteiger partial charge in [0.05, 0.1) is 0 Å². The summed E-state index contributed by atoms with van der Waals surface area (Å²) < 4.78 is 20.3. The Balaban J connectivity index is 1.82. The minimum Gasteiger partial charge on any atom is -0.454 e. The Morgan fingerprint density at radius 3 is 2.67 bits per heavy atom. The Morgan fingerprint density at radius 2 is 1.95 bits per heavy atom. The molecule has 1 aliphatic carbocycles. The number of hydrogen-bond donors (Lipinski definition) is 1. The summed E-state index contributed by atoms with van der Waals surface area (Å²) >= 11 is 9.27. The first kappa shape index (κ1) is 14.8. The van der Waals surface area contributed by atoms with Crippen LogP contribution >= 0.6 is 27.5 Å². The van der Waals surface area contributed by atoms with E-state index in [0.717, 1.165) is 5.56 Å². The molecule has 0 radical (unpaired) electrons. The predicted molar refractivity (Wildman–Crippen MR) is 85.5 cm³/mol. The van der Waals surface area contributed by atoms with Crippen molar-refractivity contribution in [2.75, 3.05) is 0 Å². The van der Waals surface area contributed by atoms with Crippen molar-refractivity contribution in [1.29, 1.82) is 0 Å². The van der Waals surface area contributed by atoms with Gasteiger partial charge in [-0.05, 0) is 49.2 Å². The molecule has 0 aromatic heterocycles. The van der Waals surface area contributed by atoms with Crippen LogP contribution in [0, 0.1) is 5.82 Å². The smallest absolute Gasteiger partial charge is 0.166 e. The maximum atomic E-state index is 13.9. The van der Waals surface area contributed by atoms with E-state index in [9.17, 15) is 4.39 Å². The molecule has 0 spiro atoms. The van der Waals surface area contributed by atoms with Gasteiger partial charge < -0.3 is 10.1 Å². The van der Waals surface area contributed by atoms with Gasteiger partial charge in [0.25, 0.3) is 0 Å². The van der Waals surface area contributed by atoms with Crippen LogP contribution in [-0.4, -0.2) is 6.04 Å². The molecule has 110 valence electrons. The number of halogens is 3. The Morgan fingerprint density at radius 1 is 1.19 bits per heavy atom. The molecule has 5 heteroatoms. The molecule has 0 aliphatic heterocycles. The van der Waals surface area contributed by atoms with Gasteiger partial charge in [-0.25, -0.2) is 4.39 Å². The molecule has 0 atom stereocenters. The zero-order valence-electron chi connectivity index (χ0n) is 11.2. The quantitative estimate of drug-likeness (QED) is 0.772. The maximum absolute atomic E-state index is 13.9. The summed E-state index contributed by atoms with van der Waals surface area (Å²) in [4.78, 5) is 0. The molecule has 0 amide bonds. The average Bonchev–Trinajstić information content (AvgIpc) is 3.26. The number of hydrogen-bond acceptors (Lipinski definition) is 2. The Bertz CT molecular complexity index is 661.